The van der Waals surface area contributed by atoms with E-state index in [0.29, 0.717) is 6.54 Å². The van der Waals surface area contributed by atoms with Gasteiger partial charge in [-0.2, -0.15) is 0 Å². The van der Waals surface area contributed by atoms with Gasteiger partial charge < -0.3 is 19.8 Å². The highest BCUT2D eigenvalue weighted by Gasteiger charge is 1.99. The predicted molar refractivity (Wildman–Crippen MR) is 97.1 cm³/mol. The Morgan fingerprint density at radius 1 is 1.08 bits per heavy atom. The van der Waals surface area contributed by atoms with Crippen molar-refractivity contribution in [2.75, 3.05) is 26.3 Å². The Balaban J connectivity index is 1.56. The summed E-state index contributed by atoms with van der Waals surface area (Å²) in [4.78, 5) is 4.49. The van der Waals surface area contributed by atoms with Crippen LogP contribution in [0.1, 0.15) is 24.7 Å². The Morgan fingerprint density at radius 3 is 2.71 bits per heavy atom. The Bertz CT molecular complexity index is 568. The molecule has 0 aliphatic rings. The Kier molecular flexibility index (Phi) is 8.51. The van der Waals surface area contributed by atoms with Gasteiger partial charge in [-0.25, -0.2) is 4.99 Å². The molecule has 0 saturated carbocycles. The summed E-state index contributed by atoms with van der Waals surface area (Å²) in [5.74, 6) is 1.66. The quantitative estimate of drug-likeness (QED) is 0.400. The average molecular weight is 329 g/mol. The summed E-state index contributed by atoms with van der Waals surface area (Å²) in [5.41, 5.74) is 1.31. The summed E-state index contributed by atoms with van der Waals surface area (Å²) in [6.07, 6.45) is 3.57. The highest BCUT2D eigenvalue weighted by molar-refractivity contribution is 5.79. The van der Waals surface area contributed by atoms with Gasteiger partial charge in [0.15, 0.2) is 5.96 Å². The van der Waals surface area contributed by atoms with Gasteiger partial charge in [0.1, 0.15) is 12.3 Å². The molecule has 1 aromatic carbocycles. The van der Waals surface area contributed by atoms with E-state index in [0.717, 1.165) is 50.9 Å². The van der Waals surface area contributed by atoms with E-state index in [1.54, 1.807) is 6.26 Å². The second-order valence-electron chi connectivity index (χ2n) is 5.40. The van der Waals surface area contributed by atoms with E-state index in [4.69, 9.17) is 9.15 Å². The second-order valence-corrected chi connectivity index (χ2v) is 5.40. The lowest BCUT2D eigenvalue weighted by Crippen LogP contribution is -2.38. The van der Waals surface area contributed by atoms with Crippen LogP contribution in [0.2, 0.25) is 0 Å². The standard InChI is InChI=1S/C19H27N3O2/c1-2-20-19(22-16-18-10-6-14-24-18)21-12-7-13-23-15-11-17-8-4-3-5-9-17/h3-6,8-10,14H,2,7,11-13,15-16H2,1H3,(H2,20,21,22). The molecule has 0 fully saturated rings. The molecule has 0 unspecified atom stereocenters. The molecule has 2 N–H and O–H groups in total. The van der Waals surface area contributed by atoms with Crippen molar-refractivity contribution in [2.24, 2.45) is 4.99 Å². The lowest BCUT2D eigenvalue weighted by molar-refractivity contribution is 0.135. The zero-order valence-corrected chi connectivity index (χ0v) is 14.3. The number of furan rings is 1. The summed E-state index contributed by atoms with van der Waals surface area (Å²) in [6.45, 7) is 5.76. The molecule has 130 valence electrons. The van der Waals surface area contributed by atoms with Crippen LogP contribution in [0.5, 0.6) is 0 Å². The first-order valence-corrected chi connectivity index (χ1v) is 8.54. The maximum atomic E-state index is 5.68. The van der Waals surface area contributed by atoms with Gasteiger partial charge in [-0.15, -0.1) is 0 Å². The molecular formula is C19H27N3O2. The predicted octanol–water partition coefficient (Wildman–Crippen LogP) is 2.98. The van der Waals surface area contributed by atoms with Crippen LogP contribution >= 0.6 is 0 Å². The topological polar surface area (TPSA) is 58.8 Å². The van der Waals surface area contributed by atoms with Crippen LogP contribution in [-0.4, -0.2) is 32.3 Å². The third-order valence-corrected chi connectivity index (χ3v) is 3.45. The van der Waals surface area contributed by atoms with Crippen LogP contribution in [0.25, 0.3) is 0 Å². The fourth-order valence-corrected chi connectivity index (χ4v) is 2.22. The van der Waals surface area contributed by atoms with Crippen LogP contribution in [0.3, 0.4) is 0 Å². The van der Waals surface area contributed by atoms with Crippen LogP contribution in [-0.2, 0) is 17.7 Å². The third-order valence-electron chi connectivity index (χ3n) is 3.45. The van der Waals surface area contributed by atoms with Crippen molar-refractivity contribution in [3.63, 3.8) is 0 Å². The Labute approximate surface area is 144 Å². The van der Waals surface area contributed by atoms with Crippen molar-refractivity contribution in [2.45, 2.75) is 26.3 Å². The van der Waals surface area contributed by atoms with Gasteiger partial charge in [-0.3, -0.25) is 0 Å². The minimum Gasteiger partial charge on any atom is -0.467 e. The second kappa shape index (κ2) is 11.3. The summed E-state index contributed by atoms with van der Waals surface area (Å²) in [5, 5.41) is 6.53. The molecular weight excluding hydrogens is 302 g/mol. The molecule has 0 radical (unpaired) electrons. The average Bonchev–Trinajstić information content (AvgIpc) is 3.13. The van der Waals surface area contributed by atoms with Crippen LogP contribution < -0.4 is 10.6 Å². The van der Waals surface area contributed by atoms with Gasteiger partial charge in [0.05, 0.1) is 12.9 Å². The molecule has 0 aliphatic heterocycles. The van der Waals surface area contributed by atoms with Gasteiger partial charge >= 0.3 is 0 Å². The van der Waals surface area contributed by atoms with Gasteiger partial charge in [0.2, 0.25) is 0 Å². The molecule has 0 amide bonds. The molecule has 0 spiro atoms. The maximum Gasteiger partial charge on any atom is 0.191 e. The largest absolute Gasteiger partial charge is 0.467 e. The minimum atomic E-state index is 0.538. The first-order valence-electron chi connectivity index (χ1n) is 8.54. The number of nitrogens with zero attached hydrogens (tertiary/aromatic N) is 1. The first-order chi connectivity index (χ1) is 11.9. The zero-order valence-electron chi connectivity index (χ0n) is 14.3. The van der Waals surface area contributed by atoms with Gasteiger partial charge in [0.25, 0.3) is 0 Å². The number of nitrogens with one attached hydrogen (secondary N) is 2. The van der Waals surface area contributed by atoms with E-state index in [9.17, 15) is 0 Å². The Morgan fingerprint density at radius 2 is 1.96 bits per heavy atom. The highest BCUT2D eigenvalue weighted by Crippen LogP contribution is 2.01. The molecule has 5 heteroatoms. The minimum absolute atomic E-state index is 0.538. The van der Waals surface area contributed by atoms with Crippen LogP contribution in [0.15, 0.2) is 58.1 Å². The number of ether oxygens (including phenoxy) is 1. The molecule has 24 heavy (non-hydrogen) atoms. The molecule has 2 rings (SSSR count). The van der Waals surface area contributed by atoms with Crippen LogP contribution in [0.4, 0.5) is 0 Å². The number of benzene rings is 1. The van der Waals surface area contributed by atoms with E-state index in [-0.39, 0.29) is 0 Å². The number of hydrogen-bond acceptors (Lipinski definition) is 3. The monoisotopic (exact) mass is 329 g/mol. The maximum absolute atomic E-state index is 5.68. The number of aliphatic imine (C=N–C) groups is 1. The first kappa shape index (κ1) is 18.1. The van der Waals surface area contributed by atoms with Crippen molar-refractivity contribution in [1.29, 1.82) is 0 Å². The molecule has 0 saturated heterocycles. The van der Waals surface area contributed by atoms with Gasteiger partial charge in [-0.05, 0) is 37.5 Å². The number of guanidine groups is 1. The number of hydrogen-bond donors (Lipinski definition) is 2. The highest BCUT2D eigenvalue weighted by atomic mass is 16.5. The van der Waals surface area contributed by atoms with Crippen molar-refractivity contribution in [1.82, 2.24) is 10.6 Å². The van der Waals surface area contributed by atoms with E-state index in [2.05, 4.69) is 46.8 Å². The molecule has 1 heterocycles. The van der Waals surface area contributed by atoms with E-state index in [1.807, 2.05) is 18.2 Å². The van der Waals surface area contributed by atoms with Crippen molar-refractivity contribution >= 4 is 5.96 Å². The third kappa shape index (κ3) is 7.33. The van der Waals surface area contributed by atoms with E-state index < -0.39 is 0 Å². The smallest absolute Gasteiger partial charge is 0.191 e. The Hall–Kier alpha value is -2.27. The molecule has 0 aliphatic carbocycles. The molecule has 0 bridgehead atoms. The zero-order chi connectivity index (χ0) is 16.9. The van der Waals surface area contributed by atoms with Crippen molar-refractivity contribution in [3.8, 4) is 0 Å². The molecule has 1 aromatic heterocycles. The molecule has 5 nitrogen and oxygen atoms in total. The lowest BCUT2D eigenvalue weighted by Gasteiger charge is -2.11. The number of rotatable bonds is 10. The van der Waals surface area contributed by atoms with E-state index >= 15 is 0 Å². The van der Waals surface area contributed by atoms with Crippen LogP contribution in [0, 0.1) is 0 Å². The normalized spacial score (nSPS) is 11.5. The summed E-state index contributed by atoms with van der Waals surface area (Å²) < 4.78 is 11.0. The van der Waals surface area contributed by atoms with Crippen molar-refractivity contribution < 1.29 is 9.15 Å². The summed E-state index contributed by atoms with van der Waals surface area (Å²) in [7, 11) is 0. The van der Waals surface area contributed by atoms with Gasteiger partial charge in [-0.1, -0.05) is 30.3 Å². The summed E-state index contributed by atoms with van der Waals surface area (Å²) >= 11 is 0. The van der Waals surface area contributed by atoms with Gasteiger partial charge in [0, 0.05) is 19.7 Å². The SMILES string of the molecule is CCNC(=NCc1ccco1)NCCCOCCc1ccccc1. The fraction of sp³-hybridized carbons (Fsp3) is 0.421. The fourth-order valence-electron chi connectivity index (χ4n) is 2.22. The van der Waals surface area contributed by atoms with E-state index in [1.165, 1.54) is 5.56 Å². The molecule has 0 atom stereocenters. The molecule has 2 aromatic rings. The van der Waals surface area contributed by atoms with Crippen molar-refractivity contribution in [3.05, 3.63) is 60.1 Å². The summed E-state index contributed by atoms with van der Waals surface area (Å²) in [6, 6.07) is 14.2. The lowest BCUT2D eigenvalue weighted by atomic mass is 10.2.